The maximum atomic E-state index is 13.7. The SMILES string of the molecule is CCC[C@@H]1C=C[C@H]2[C@@H](C(=O)N(CCCCO)[C@@H]2C(=O)Nc2ccc(OC)cc2)[C@@H]1C(=O)OCC. The van der Waals surface area contributed by atoms with Crippen LogP contribution in [0, 0.1) is 23.7 Å². The van der Waals surface area contributed by atoms with Gasteiger partial charge in [0.2, 0.25) is 11.8 Å². The van der Waals surface area contributed by atoms with Gasteiger partial charge in [0.15, 0.2) is 0 Å². The third-order valence-electron chi connectivity index (χ3n) is 6.73. The van der Waals surface area contributed by atoms with E-state index in [2.05, 4.69) is 5.32 Å². The molecule has 1 aliphatic carbocycles. The van der Waals surface area contributed by atoms with Crippen LogP contribution in [-0.4, -0.2) is 60.7 Å². The van der Waals surface area contributed by atoms with Crippen LogP contribution in [0.5, 0.6) is 5.75 Å². The summed E-state index contributed by atoms with van der Waals surface area (Å²) < 4.78 is 10.5. The molecule has 1 aromatic carbocycles. The van der Waals surface area contributed by atoms with Gasteiger partial charge in [-0.25, -0.2) is 0 Å². The normalized spacial score (nSPS) is 25.7. The predicted molar refractivity (Wildman–Crippen MR) is 128 cm³/mol. The Labute approximate surface area is 201 Å². The number of carbonyl (C=O) groups excluding carboxylic acids is 3. The lowest BCUT2D eigenvalue weighted by Gasteiger charge is -2.33. The second-order valence-corrected chi connectivity index (χ2v) is 8.84. The highest BCUT2D eigenvalue weighted by molar-refractivity contribution is 6.01. The first-order valence-electron chi connectivity index (χ1n) is 12.2. The zero-order chi connectivity index (χ0) is 24.7. The van der Waals surface area contributed by atoms with Crippen molar-refractivity contribution in [2.24, 2.45) is 23.7 Å². The van der Waals surface area contributed by atoms with Crippen molar-refractivity contribution in [2.45, 2.75) is 45.6 Å². The van der Waals surface area contributed by atoms with Gasteiger partial charge in [0.25, 0.3) is 0 Å². The number of esters is 1. The second kappa shape index (κ2) is 12.0. The fraction of sp³-hybridized carbons (Fsp3) is 0.577. The molecule has 0 bridgehead atoms. The predicted octanol–water partition coefficient (Wildman–Crippen LogP) is 3.01. The van der Waals surface area contributed by atoms with Gasteiger partial charge in [-0.15, -0.1) is 0 Å². The maximum Gasteiger partial charge on any atom is 0.310 e. The molecule has 0 spiro atoms. The largest absolute Gasteiger partial charge is 0.497 e. The lowest BCUT2D eigenvalue weighted by Crippen LogP contribution is -2.44. The van der Waals surface area contributed by atoms with Gasteiger partial charge in [-0.1, -0.05) is 25.5 Å². The number of ether oxygens (including phenoxy) is 2. The second-order valence-electron chi connectivity index (χ2n) is 8.84. The number of unbranched alkanes of at least 4 members (excludes halogenated alkanes) is 1. The van der Waals surface area contributed by atoms with E-state index < -0.39 is 23.8 Å². The standard InChI is InChI=1S/C26H36N2O6/c1-4-8-17-9-14-20-22(21(17)26(32)34-5-2)25(31)28(15-6-7-16-29)23(20)24(30)27-18-10-12-19(33-3)13-11-18/h9-14,17,20-23,29H,4-8,15-16H2,1-3H3,(H,27,30)/t17-,20+,21-,22-,23+/m1/s1. The third-order valence-corrected chi connectivity index (χ3v) is 6.73. The zero-order valence-electron chi connectivity index (χ0n) is 20.2. The molecule has 1 aliphatic heterocycles. The van der Waals surface area contributed by atoms with E-state index in [9.17, 15) is 19.5 Å². The highest BCUT2D eigenvalue weighted by atomic mass is 16.5. The molecule has 0 aromatic heterocycles. The third kappa shape index (κ3) is 5.43. The Bertz CT molecular complexity index is 884. The van der Waals surface area contributed by atoms with Crippen LogP contribution < -0.4 is 10.1 Å². The fourth-order valence-electron chi connectivity index (χ4n) is 5.19. The summed E-state index contributed by atoms with van der Waals surface area (Å²) in [6, 6.07) is 6.26. The molecule has 5 atom stereocenters. The van der Waals surface area contributed by atoms with Gasteiger partial charge < -0.3 is 24.8 Å². The summed E-state index contributed by atoms with van der Waals surface area (Å²) in [6.07, 6.45) is 6.68. The average Bonchev–Trinajstić information content (AvgIpc) is 3.11. The molecule has 8 nitrogen and oxygen atoms in total. The number of hydrogen-bond donors (Lipinski definition) is 2. The molecular weight excluding hydrogens is 436 g/mol. The number of carbonyl (C=O) groups is 3. The molecule has 0 unspecified atom stereocenters. The summed E-state index contributed by atoms with van der Waals surface area (Å²) in [6.45, 7) is 4.40. The number of fused-ring (bicyclic) bond motifs is 1. The fourth-order valence-corrected chi connectivity index (χ4v) is 5.19. The Kier molecular flexibility index (Phi) is 9.10. The number of anilines is 1. The van der Waals surface area contributed by atoms with Crippen molar-refractivity contribution in [1.29, 1.82) is 0 Å². The van der Waals surface area contributed by atoms with E-state index in [1.54, 1.807) is 43.2 Å². The summed E-state index contributed by atoms with van der Waals surface area (Å²) in [5.41, 5.74) is 0.600. The van der Waals surface area contributed by atoms with Gasteiger partial charge in [-0.05, 0) is 56.4 Å². The van der Waals surface area contributed by atoms with Gasteiger partial charge in [-0.2, -0.15) is 0 Å². The van der Waals surface area contributed by atoms with Crippen molar-refractivity contribution >= 4 is 23.5 Å². The number of hydrogen-bond acceptors (Lipinski definition) is 6. The molecule has 1 aromatic rings. The van der Waals surface area contributed by atoms with Crippen LogP contribution in [-0.2, 0) is 19.1 Å². The summed E-state index contributed by atoms with van der Waals surface area (Å²) in [5, 5.41) is 12.2. The molecule has 2 N–H and O–H groups in total. The van der Waals surface area contributed by atoms with Crippen molar-refractivity contribution in [3.8, 4) is 5.75 Å². The summed E-state index contributed by atoms with van der Waals surface area (Å²) in [5.74, 6) is -1.96. The average molecular weight is 473 g/mol. The minimum atomic E-state index is -0.742. The van der Waals surface area contributed by atoms with E-state index in [4.69, 9.17) is 9.47 Å². The number of methoxy groups -OCH3 is 1. The van der Waals surface area contributed by atoms with Gasteiger partial charge >= 0.3 is 5.97 Å². The molecule has 2 amide bonds. The van der Waals surface area contributed by atoms with Crippen LogP contribution in [0.25, 0.3) is 0 Å². The number of rotatable bonds is 11. The van der Waals surface area contributed by atoms with Gasteiger partial charge in [0.05, 0.1) is 25.6 Å². The Balaban J connectivity index is 1.93. The lowest BCUT2D eigenvalue weighted by atomic mass is 9.69. The number of nitrogens with zero attached hydrogens (tertiary/aromatic N) is 1. The smallest absolute Gasteiger partial charge is 0.310 e. The highest BCUT2D eigenvalue weighted by Crippen LogP contribution is 2.45. The van der Waals surface area contributed by atoms with Crippen molar-refractivity contribution in [2.75, 3.05) is 32.2 Å². The number of nitrogens with one attached hydrogen (secondary N) is 1. The minimum Gasteiger partial charge on any atom is -0.497 e. The van der Waals surface area contributed by atoms with E-state index in [0.717, 1.165) is 12.8 Å². The van der Waals surface area contributed by atoms with Crippen LogP contribution in [0.3, 0.4) is 0 Å². The Hall–Kier alpha value is -2.87. The molecule has 3 rings (SSSR count). The first-order chi connectivity index (χ1) is 16.5. The van der Waals surface area contributed by atoms with Crippen LogP contribution in [0.2, 0.25) is 0 Å². The van der Waals surface area contributed by atoms with Crippen LogP contribution in [0.4, 0.5) is 5.69 Å². The topological polar surface area (TPSA) is 105 Å². The van der Waals surface area contributed by atoms with Crippen molar-refractivity contribution in [1.82, 2.24) is 4.90 Å². The Morgan fingerprint density at radius 2 is 1.85 bits per heavy atom. The molecule has 0 saturated carbocycles. The monoisotopic (exact) mass is 472 g/mol. The van der Waals surface area contributed by atoms with Crippen LogP contribution in [0.1, 0.15) is 39.5 Å². The lowest BCUT2D eigenvalue weighted by molar-refractivity contribution is -0.155. The molecular formula is C26H36N2O6. The number of allylic oxidation sites excluding steroid dienone is 1. The number of likely N-dealkylation sites (tertiary alicyclic amines) is 1. The van der Waals surface area contributed by atoms with Crippen LogP contribution in [0.15, 0.2) is 36.4 Å². The highest BCUT2D eigenvalue weighted by Gasteiger charge is 2.57. The molecule has 1 fully saturated rings. The first kappa shape index (κ1) is 25.7. The van der Waals surface area contributed by atoms with Crippen molar-refractivity contribution in [3.05, 3.63) is 36.4 Å². The first-order valence-corrected chi connectivity index (χ1v) is 12.2. The summed E-state index contributed by atoms with van der Waals surface area (Å²) in [4.78, 5) is 41.8. The molecule has 1 saturated heterocycles. The Morgan fingerprint density at radius 3 is 2.47 bits per heavy atom. The number of aliphatic hydroxyl groups is 1. The Morgan fingerprint density at radius 1 is 1.12 bits per heavy atom. The zero-order valence-corrected chi connectivity index (χ0v) is 20.2. The van der Waals surface area contributed by atoms with Gasteiger partial charge in [-0.3, -0.25) is 14.4 Å². The number of aliphatic hydroxyl groups excluding tert-OH is 1. The van der Waals surface area contributed by atoms with Crippen molar-refractivity contribution in [3.63, 3.8) is 0 Å². The van der Waals surface area contributed by atoms with Gasteiger partial charge in [0, 0.05) is 24.8 Å². The molecule has 1 heterocycles. The van der Waals surface area contributed by atoms with E-state index in [1.807, 2.05) is 19.1 Å². The summed E-state index contributed by atoms with van der Waals surface area (Å²) >= 11 is 0. The van der Waals surface area contributed by atoms with E-state index in [-0.39, 0.29) is 36.9 Å². The van der Waals surface area contributed by atoms with Gasteiger partial charge in [0.1, 0.15) is 11.8 Å². The van der Waals surface area contributed by atoms with Crippen molar-refractivity contribution < 1.29 is 29.0 Å². The van der Waals surface area contributed by atoms with Crippen LogP contribution >= 0.6 is 0 Å². The number of amides is 2. The molecule has 0 radical (unpaired) electrons. The molecule has 2 aliphatic rings. The number of benzene rings is 1. The van der Waals surface area contributed by atoms with E-state index >= 15 is 0 Å². The molecule has 34 heavy (non-hydrogen) atoms. The van der Waals surface area contributed by atoms with E-state index in [1.165, 1.54) is 0 Å². The summed E-state index contributed by atoms with van der Waals surface area (Å²) in [7, 11) is 1.57. The minimum absolute atomic E-state index is 0.0154. The molecule has 186 valence electrons. The quantitative estimate of drug-likeness (QED) is 0.291. The maximum absolute atomic E-state index is 13.7. The molecule has 8 heteroatoms. The van der Waals surface area contributed by atoms with E-state index in [0.29, 0.717) is 30.8 Å².